The van der Waals surface area contributed by atoms with Crippen LogP contribution >= 0.6 is 12.2 Å². The van der Waals surface area contributed by atoms with Crippen molar-refractivity contribution in [3.05, 3.63) is 23.8 Å². The van der Waals surface area contributed by atoms with Crippen LogP contribution in [0.1, 0.15) is 12.5 Å². The molecule has 0 spiro atoms. The van der Waals surface area contributed by atoms with Gasteiger partial charge in [0.25, 0.3) is 5.91 Å². The van der Waals surface area contributed by atoms with Crippen LogP contribution in [0.15, 0.2) is 18.2 Å². The predicted octanol–water partition coefficient (Wildman–Crippen LogP) is 0.844. The standard InChI is InChI=1S/C12H16N2O3S/c1-3-14-11(15)7-17-10-5-8(12(13)18)4-9(6-10)16-2/h4-6H,3,7H2,1-2H3,(H2,13,18)(H,14,15). The molecule has 0 atom stereocenters. The number of ether oxygens (including phenoxy) is 2. The molecule has 0 saturated heterocycles. The number of amides is 1. The molecule has 98 valence electrons. The number of carbonyl (C=O) groups excluding carboxylic acids is 1. The van der Waals surface area contributed by atoms with Gasteiger partial charge in [0, 0.05) is 18.2 Å². The van der Waals surface area contributed by atoms with Crippen LogP contribution in [0.2, 0.25) is 0 Å². The van der Waals surface area contributed by atoms with Crippen LogP contribution in [0.25, 0.3) is 0 Å². The van der Waals surface area contributed by atoms with Crippen molar-refractivity contribution in [2.24, 2.45) is 5.73 Å². The lowest BCUT2D eigenvalue weighted by Crippen LogP contribution is -2.28. The summed E-state index contributed by atoms with van der Waals surface area (Å²) in [6.07, 6.45) is 0. The number of hydrogen-bond donors (Lipinski definition) is 2. The molecule has 5 nitrogen and oxygen atoms in total. The Morgan fingerprint density at radius 2 is 2.06 bits per heavy atom. The molecule has 1 rings (SSSR count). The molecule has 0 saturated carbocycles. The zero-order valence-corrected chi connectivity index (χ0v) is 11.2. The fraction of sp³-hybridized carbons (Fsp3) is 0.333. The Bertz CT molecular complexity index is 449. The first-order valence-corrected chi connectivity index (χ1v) is 5.86. The van der Waals surface area contributed by atoms with Crippen molar-refractivity contribution in [1.29, 1.82) is 0 Å². The number of benzene rings is 1. The van der Waals surface area contributed by atoms with E-state index >= 15 is 0 Å². The second-order valence-electron chi connectivity index (χ2n) is 3.50. The number of thiocarbonyl (C=S) groups is 1. The summed E-state index contributed by atoms with van der Waals surface area (Å²) < 4.78 is 10.5. The van der Waals surface area contributed by atoms with Crippen molar-refractivity contribution >= 4 is 23.1 Å². The Balaban J connectivity index is 2.78. The number of methoxy groups -OCH3 is 1. The molecule has 0 heterocycles. The molecule has 0 unspecified atom stereocenters. The van der Waals surface area contributed by atoms with Gasteiger partial charge in [0.2, 0.25) is 0 Å². The Morgan fingerprint density at radius 1 is 1.39 bits per heavy atom. The average Bonchev–Trinajstić information content (AvgIpc) is 2.36. The van der Waals surface area contributed by atoms with E-state index in [1.807, 2.05) is 6.92 Å². The minimum atomic E-state index is -0.183. The van der Waals surface area contributed by atoms with E-state index in [1.54, 1.807) is 18.2 Å². The second kappa shape index (κ2) is 6.80. The van der Waals surface area contributed by atoms with Crippen LogP contribution in [0, 0.1) is 0 Å². The smallest absolute Gasteiger partial charge is 0.257 e. The van der Waals surface area contributed by atoms with Gasteiger partial charge in [-0.1, -0.05) is 12.2 Å². The van der Waals surface area contributed by atoms with Crippen LogP contribution in [-0.4, -0.2) is 31.2 Å². The Morgan fingerprint density at radius 3 is 2.61 bits per heavy atom. The van der Waals surface area contributed by atoms with Crippen molar-refractivity contribution in [3.8, 4) is 11.5 Å². The van der Waals surface area contributed by atoms with Crippen LogP contribution in [0.3, 0.4) is 0 Å². The van der Waals surface area contributed by atoms with Crippen molar-refractivity contribution in [2.75, 3.05) is 20.3 Å². The first kappa shape index (κ1) is 14.2. The lowest BCUT2D eigenvalue weighted by Gasteiger charge is -2.10. The lowest BCUT2D eigenvalue weighted by atomic mass is 10.2. The van der Waals surface area contributed by atoms with E-state index in [4.69, 9.17) is 27.4 Å². The van der Waals surface area contributed by atoms with Gasteiger partial charge < -0.3 is 20.5 Å². The maximum absolute atomic E-state index is 11.3. The molecule has 3 N–H and O–H groups in total. The van der Waals surface area contributed by atoms with E-state index in [1.165, 1.54) is 7.11 Å². The van der Waals surface area contributed by atoms with Crippen LogP contribution in [0.5, 0.6) is 11.5 Å². The van der Waals surface area contributed by atoms with Gasteiger partial charge in [-0.2, -0.15) is 0 Å². The quantitative estimate of drug-likeness (QED) is 0.748. The average molecular weight is 268 g/mol. The molecule has 0 aliphatic heterocycles. The van der Waals surface area contributed by atoms with E-state index in [-0.39, 0.29) is 17.5 Å². The van der Waals surface area contributed by atoms with E-state index in [9.17, 15) is 4.79 Å². The van der Waals surface area contributed by atoms with Gasteiger partial charge >= 0.3 is 0 Å². The molecule has 18 heavy (non-hydrogen) atoms. The molecule has 1 aromatic rings. The van der Waals surface area contributed by atoms with Gasteiger partial charge in [-0.15, -0.1) is 0 Å². The predicted molar refractivity (Wildman–Crippen MR) is 73.1 cm³/mol. The minimum Gasteiger partial charge on any atom is -0.497 e. The number of rotatable bonds is 6. The number of likely N-dealkylation sites (N-methyl/N-ethyl adjacent to an activating group) is 1. The summed E-state index contributed by atoms with van der Waals surface area (Å²) in [4.78, 5) is 11.5. The number of nitrogens with one attached hydrogen (secondary N) is 1. The fourth-order valence-electron chi connectivity index (χ4n) is 1.31. The Labute approximate surface area is 111 Å². The third-order valence-corrected chi connectivity index (χ3v) is 2.38. The molecular formula is C12H16N2O3S. The van der Waals surface area contributed by atoms with E-state index in [0.717, 1.165) is 0 Å². The summed E-state index contributed by atoms with van der Waals surface area (Å²) in [5.41, 5.74) is 6.19. The molecule has 0 aliphatic rings. The van der Waals surface area contributed by atoms with Gasteiger partial charge in [0.1, 0.15) is 16.5 Å². The third kappa shape index (κ3) is 4.21. The maximum atomic E-state index is 11.3. The van der Waals surface area contributed by atoms with Crippen LogP contribution in [-0.2, 0) is 4.79 Å². The molecule has 0 bridgehead atoms. The highest BCUT2D eigenvalue weighted by atomic mass is 32.1. The zero-order chi connectivity index (χ0) is 13.5. The Kier molecular flexibility index (Phi) is 5.38. The molecule has 0 aromatic heterocycles. The van der Waals surface area contributed by atoms with Crippen molar-refractivity contribution in [2.45, 2.75) is 6.92 Å². The van der Waals surface area contributed by atoms with Gasteiger partial charge in [0.15, 0.2) is 6.61 Å². The minimum absolute atomic E-state index is 0.0578. The second-order valence-corrected chi connectivity index (χ2v) is 3.94. The van der Waals surface area contributed by atoms with Gasteiger partial charge in [-0.3, -0.25) is 4.79 Å². The monoisotopic (exact) mass is 268 g/mol. The van der Waals surface area contributed by atoms with E-state index in [0.29, 0.717) is 23.6 Å². The summed E-state index contributed by atoms with van der Waals surface area (Å²) in [5.74, 6) is 0.881. The fourth-order valence-corrected chi connectivity index (χ4v) is 1.43. The largest absolute Gasteiger partial charge is 0.497 e. The number of carbonyl (C=O) groups is 1. The lowest BCUT2D eigenvalue weighted by molar-refractivity contribution is -0.122. The Hall–Kier alpha value is -1.82. The highest BCUT2D eigenvalue weighted by Crippen LogP contribution is 2.22. The molecule has 0 radical (unpaired) electrons. The number of nitrogens with two attached hydrogens (primary N) is 1. The first-order chi connectivity index (χ1) is 8.56. The van der Waals surface area contributed by atoms with Gasteiger partial charge in [0.05, 0.1) is 7.11 Å². The van der Waals surface area contributed by atoms with Crippen LogP contribution < -0.4 is 20.5 Å². The maximum Gasteiger partial charge on any atom is 0.257 e. The van der Waals surface area contributed by atoms with Crippen LogP contribution in [0.4, 0.5) is 0 Å². The molecule has 1 amide bonds. The van der Waals surface area contributed by atoms with E-state index in [2.05, 4.69) is 5.32 Å². The number of hydrogen-bond acceptors (Lipinski definition) is 4. The van der Waals surface area contributed by atoms with Crippen molar-refractivity contribution in [3.63, 3.8) is 0 Å². The summed E-state index contributed by atoms with van der Waals surface area (Å²) in [6.45, 7) is 2.35. The third-order valence-electron chi connectivity index (χ3n) is 2.14. The highest BCUT2D eigenvalue weighted by Gasteiger charge is 2.06. The SMILES string of the molecule is CCNC(=O)COc1cc(OC)cc(C(N)=S)c1. The summed E-state index contributed by atoms with van der Waals surface area (Å²) in [5, 5.41) is 2.64. The van der Waals surface area contributed by atoms with Crippen molar-refractivity contribution in [1.82, 2.24) is 5.32 Å². The normalized spacial score (nSPS) is 9.67. The zero-order valence-electron chi connectivity index (χ0n) is 10.4. The van der Waals surface area contributed by atoms with Crippen molar-refractivity contribution < 1.29 is 14.3 Å². The summed E-state index contributed by atoms with van der Waals surface area (Å²) >= 11 is 4.89. The van der Waals surface area contributed by atoms with E-state index < -0.39 is 0 Å². The highest BCUT2D eigenvalue weighted by molar-refractivity contribution is 7.80. The molecular weight excluding hydrogens is 252 g/mol. The molecule has 0 aliphatic carbocycles. The molecule has 1 aromatic carbocycles. The first-order valence-electron chi connectivity index (χ1n) is 5.45. The summed E-state index contributed by atoms with van der Waals surface area (Å²) in [7, 11) is 1.53. The molecule has 0 fully saturated rings. The van der Waals surface area contributed by atoms with Gasteiger partial charge in [-0.05, 0) is 19.1 Å². The molecule has 6 heteroatoms. The van der Waals surface area contributed by atoms with Gasteiger partial charge in [-0.25, -0.2) is 0 Å². The summed E-state index contributed by atoms with van der Waals surface area (Å²) in [6, 6.07) is 5.05. The topological polar surface area (TPSA) is 73.6 Å².